The van der Waals surface area contributed by atoms with E-state index in [4.69, 9.17) is 10.5 Å². The molecule has 0 bridgehead atoms. The molecule has 2 N–H and O–H groups in total. The topological polar surface area (TPSA) is 48.1 Å². The lowest BCUT2D eigenvalue weighted by atomic mass is 9.85. The summed E-state index contributed by atoms with van der Waals surface area (Å²) in [7, 11) is 0. The van der Waals surface area contributed by atoms with Crippen LogP contribution in [0.25, 0.3) is 11.1 Å². The van der Waals surface area contributed by atoms with E-state index in [1.807, 2.05) is 18.2 Å². The Hall–Kier alpha value is -2.03. The minimum atomic E-state index is 0.0579. The van der Waals surface area contributed by atoms with Crippen LogP contribution >= 0.6 is 0 Å². The van der Waals surface area contributed by atoms with Crippen LogP contribution < -0.4 is 10.5 Å². The average molecular weight is 240 g/mol. The number of nitrogens with two attached hydrogens (primary N) is 1. The minimum absolute atomic E-state index is 0.0579. The molecule has 2 heterocycles. The summed E-state index contributed by atoms with van der Waals surface area (Å²) in [5.41, 5.74) is 10.1. The van der Waals surface area contributed by atoms with Gasteiger partial charge < -0.3 is 10.5 Å². The second-order valence-corrected chi connectivity index (χ2v) is 5.35. The van der Waals surface area contributed by atoms with Crippen molar-refractivity contribution >= 4 is 5.69 Å². The SMILES string of the molecule is CC1(C)COc2ccc(-c3cnccc3N)cc21. The molecule has 0 amide bonds. The maximum atomic E-state index is 5.99. The molecule has 3 rings (SSSR count). The van der Waals surface area contributed by atoms with Crippen LogP contribution in [0.4, 0.5) is 5.69 Å². The fourth-order valence-electron chi connectivity index (χ4n) is 2.33. The zero-order chi connectivity index (χ0) is 12.8. The summed E-state index contributed by atoms with van der Waals surface area (Å²) < 4.78 is 5.69. The smallest absolute Gasteiger partial charge is 0.123 e. The molecule has 0 radical (unpaired) electrons. The van der Waals surface area contributed by atoms with Gasteiger partial charge in [0.2, 0.25) is 0 Å². The fourth-order valence-corrected chi connectivity index (χ4v) is 2.33. The molecule has 0 spiro atoms. The van der Waals surface area contributed by atoms with Gasteiger partial charge in [0, 0.05) is 34.6 Å². The van der Waals surface area contributed by atoms with Crippen molar-refractivity contribution in [2.75, 3.05) is 12.3 Å². The molecule has 0 aliphatic carbocycles. The Morgan fingerprint density at radius 2 is 2.11 bits per heavy atom. The molecule has 2 aromatic rings. The highest BCUT2D eigenvalue weighted by molar-refractivity contribution is 5.76. The first-order valence-corrected chi connectivity index (χ1v) is 6.05. The Labute approximate surface area is 107 Å². The summed E-state index contributed by atoms with van der Waals surface area (Å²) in [6.07, 6.45) is 3.51. The number of hydrogen-bond acceptors (Lipinski definition) is 3. The van der Waals surface area contributed by atoms with Gasteiger partial charge in [-0.3, -0.25) is 4.98 Å². The molecular weight excluding hydrogens is 224 g/mol. The van der Waals surface area contributed by atoms with Crippen molar-refractivity contribution in [1.82, 2.24) is 4.98 Å². The zero-order valence-electron chi connectivity index (χ0n) is 10.6. The zero-order valence-corrected chi connectivity index (χ0v) is 10.6. The molecule has 92 valence electrons. The van der Waals surface area contributed by atoms with E-state index < -0.39 is 0 Å². The van der Waals surface area contributed by atoms with Crippen molar-refractivity contribution in [1.29, 1.82) is 0 Å². The second kappa shape index (κ2) is 3.73. The van der Waals surface area contributed by atoms with Gasteiger partial charge >= 0.3 is 0 Å². The maximum Gasteiger partial charge on any atom is 0.123 e. The Balaban J connectivity index is 2.14. The Morgan fingerprint density at radius 1 is 1.28 bits per heavy atom. The Morgan fingerprint density at radius 3 is 2.89 bits per heavy atom. The van der Waals surface area contributed by atoms with Crippen LogP contribution in [-0.2, 0) is 5.41 Å². The van der Waals surface area contributed by atoms with Gasteiger partial charge in [-0.05, 0) is 23.8 Å². The van der Waals surface area contributed by atoms with Crippen LogP contribution in [0.15, 0.2) is 36.7 Å². The molecular formula is C15H16N2O. The van der Waals surface area contributed by atoms with E-state index in [1.165, 1.54) is 5.56 Å². The summed E-state index contributed by atoms with van der Waals surface area (Å²) in [5.74, 6) is 0.978. The van der Waals surface area contributed by atoms with Crippen LogP contribution in [-0.4, -0.2) is 11.6 Å². The van der Waals surface area contributed by atoms with Crippen molar-refractivity contribution in [3.63, 3.8) is 0 Å². The largest absolute Gasteiger partial charge is 0.492 e. The van der Waals surface area contributed by atoms with E-state index in [0.29, 0.717) is 0 Å². The molecule has 0 saturated carbocycles. The van der Waals surface area contributed by atoms with Gasteiger partial charge in [-0.15, -0.1) is 0 Å². The standard InChI is InChI=1S/C15H16N2O/c1-15(2)9-18-14-4-3-10(7-12(14)15)11-8-17-6-5-13(11)16/h3-8H,9H2,1-2H3,(H2,16,17). The lowest BCUT2D eigenvalue weighted by Gasteiger charge is -2.16. The van der Waals surface area contributed by atoms with Crippen LogP contribution in [0.2, 0.25) is 0 Å². The van der Waals surface area contributed by atoms with Crippen molar-refractivity contribution in [3.05, 3.63) is 42.2 Å². The summed E-state index contributed by atoms with van der Waals surface area (Å²) in [4.78, 5) is 4.14. The molecule has 1 aliphatic heterocycles. The average Bonchev–Trinajstić information content (AvgIpc) is 2.66. The van der Waals surface area contributed by atoms with Gasteiger partial charge in [0.15, 0.2) is 0 Å². The van der Waals surface area contributed by atoms with Crippen molar-refractivity contribution < 1.29 is 4.74 Å². The molecule has 0 saturated heterocycles. The van der Waals surface area contributed by atoms with Gasteiger partial charge in [-0.1, -0.05) is 19.9 Å². The summed E-state index contributed by atoms with van der Waals surface area (Å²) >= 11 is 0. The number of hydrogen-bond donors (Lipinski definition) is 1. The highest BCUT2D eigenvalue weighted by Gasteiger charge is 2.31. The van der Waals surface area contributed by atoms with Crippen molar-refractivity contribution in [3.8, 4) is 16.9 Å². The molecule has 18 heavy (non-hydrogen) atoms. The van der Waals surface area contributed by atoms with Gasteiger partial charge in [0.25, 0.3) is 0 Å². The third-order valence-electron chi connectivity index (χ3n) is 3.46. The van der Waals surface area contributed by atoms with Crippen LogP contribution in [0, 0.1) is 0 Å². The first kappa shape index (κ1) is 11.1. The fraction of sp³-hybridized carbons (Fsp3) is 0.267. The Kier molecular flexibility index (Phi) is 2.30. The van der Waals surface area contributed by atoms with Crippen LogP contribution in [0.3, 0.4) is 0 Å². The first-order valence-electron chi connectivity index (χ1n) is 6.05. The maximum absolute atomic E-state index is 5.99. The summed E-state index contributed by atoms with van der Waals surface area (Å²) in [6.45, 7) is 5.11. The third kappa shape index (κ3) is 1.63. The molecule has 1 aromatic heterocycles. The third-order valence-corrected chi connectivity index (χ3v) is 3.46. The van der Waals surface area contributed by atoms with Crippen molar-refractivity contribution in [2.24, 2.45) is 0 Å². The predicted octanol–water partition coefficient (Wildman–Crippen LogP) is 3.00. The number of aromatic nitrogens is 1. The van der Waals surface area contributed by atoms with Crippen LogP contribution in [0.5, 0.6) is 5.75 Å². The highest BCUT2D eigenvalue weighted by atomic mass is 16.5. The van der Waals surface area contributed by atoms with Gasteiger partial charge in [-0.2, -0.15) is 0 Å². The quantitative estimate of drug-likeness (QED) is 0.833. The predicted molar refractivity (Wildman–Crippen MR) is 72.6 cm³/mol. The number of pyridine rings is 1. The number of nitrogen functional groups attached to an aromatic ring is 1. The number of fused-ring (bicyclic) bond motifs is 1. The minimum Gasteiger partial charge on any atom is -0.492 e. The van der Waals surface area contributed by atoms with E-state index in [1.54, 1.807) is 12.4 Å². The molecule has 3 heteroatoms. The first-order chi connectivity index (χ1) is 8.58. The van der Waals surface area contributed by atoms with E-state index in [-0.39, 0.29) is 5.41 Å². The lowest BCUT2D eigenvalue weighted by Crippen LogP contribution is -2.18. The number of nitrogens with zero attached hydrogens (tertiary/aromatic N) is 1. The molecule has 0 unspecified atom stereocenters. The molecule has 1 aromatic carbocycles. The number of benzene rings is 1. The van der Waals surface area contributed by atoms with Gasteiger partial charge in [-0.25, -0.2) is 0 Å². The molecule has 0 atom stereocenters. The van der Waals surface area contributed by atoms with Crippen molar-refractivity contribution in [2.45, 2.75) is 19.3 Å². The lowest BCUT2D eigenvalue weighted by molar-refractivity contribution is 0.291. The summed E-state index contributed by atoms with van der Waals surface area (Å²) in [6, 6.07) is 8.04. The van der Waals surface area contributed by atoms with Gasteiger partial charge in [0.05, 0.1) is 6.61 Å². The number of ether oxygens (including phenoxy) is 1. The molecule has 0 fully saturated rings. The van der Waals surface area contributed by atoms with E-state index in [2.05, 4.69) is 24.9 Å². The van der Waals surface area contributed by atoms with Crippen LogP contribution in [0.1, 0.15) is 19.4 Å². The number of rotatable bonds is 1. The molecule has 3 nitrogen and oxygen atoms in total. The van der Waals surface area contributed by atoms with E-state index >= 15 is 0 Å². The van der Waals surface area contributed by atoms with E-state index in [9.17, 15) is 0 Å². The second-order valence-electron chi connectivity index (χ2n) is 5.35. The molecule has 1 aliphatic rings. The Bertz CT molecular complexity index is 605. The normalized spacial score (nSPS) is 16.1. The van der Waals surface area contributed by atoms with Gasteiger partial charge in [0.1, 0.15) is 5.75 Å². The highest BCUT2D eigenvalue weighted by Crippen LogP contribution is 2.41. The summed E-state index contributed by atoms with van der Waals surface area (Å²) in [5, 5.41) is 0. The number of anilines is 1. The monoisotopic (exact) mass is 240 g/mol. The van der Waals surface area contributed by atoms with E-state index in [0.717, 1.165) is 29.2 Å².